The molecule has 0 aromatic heterocycles. The lowest BCUT2D eigenvalue weighted by molar-refractivity contribution is -0.161. The Morgan fingerprint density at radius 3 is 0.710 bits per heavy atom. The summed E-state index contributed by atoms with van der Waals surface area (Å²) in [5, 5.41) is 10.7. The van der Waals surface area contributed by atoms with Gasteiger partial charge in [-0.05, 0) is 43.4 Å². The average Bonchev–Trinajstić information content (AvgIpc) is 0.904. The number of carbonyl (C=O) groups excluding carboxylic acids is 4. The van der Waals surface area contributed by atoms with Gasteiger partial charge in [-0.25, -0.2) is 9.13 Å². The molecule has 0 aliphatic heterocycles. The van der Waals surface area contributed by atoms with Crippen LogP contribution in [0.3, 0.4) is 0 Å². The molecule has 0 saturated carbocycles. The minimum atomic E-state index is -4.97. The van der Waals surface area contributed by atoms with Crippen molar-refractivity contribution in [2.45, 2.75) is 484 Å². The first-order valence-electron chi connectivity index (χ1n) is 45.4. The van der Waals surface area contributed by atoms with Gasteiger partial charge in [0, 0.05) is 25.7 Å². The highest BCUT2D eigenvalue weighted by molar-refractivity contribution is 7.47. The Labute approximate surface area is 658 Å². The lowest BCUT2D eigenvalue weighted by Crippen LogP contribution is -2.30. The maximum atomic E-state index is 13.2. The summed E-state index contributed by atoms with van der Waals surface area (Å²) in [6, 6.07) is 0. The summed E-state index contributed by atoms with van der Waals surface area (Å²) in [4.78, 5) is 73.2. The summed E-state index contributed by atoms with van der Waals surface area (Å²) in [5.74, 6) is 0.240. The predicted molar refractivity (Wildman–Crippen MR) is 441 cm³/mol. The number of phosphoric ester groups is 2. The molecule has 0 heterocycles. The first-order valence-corrected chi connectivity index (χ1v) is 48.4. The Morgan fingerprint density at radius 1 is 0.271 bits per heavy atom. The quantitative estimate of drug-likeness (QED) is 0.0222. The highest BCUT2D eigenvalue weighted by Gasteiger charge is 2.31. The van der Waals surface area contributed by atoms with Gasteiger partial charge in [0.15, 0.2) is 12.2 Å². The lowest BCUT2D eigenvalue weighted by Gasteiger charge is -2.21. The van der Waals surface area contributed by atoms with Gasteiger partial charge in [-0.2, -0.15) is 0 Å². The normalized spacial score (nSPS) is 14.1. The second-order valence-corrected chi connectivity index (χ2v) is 35.7. The number of rotatable bonds is 86. The van der Waals surface area contributed by atoms with Crippen molar-refractivity contribution in [3.8, 4) is 0 Å². The summed E-state index contributed by atoms with van der Waals surface area (Å²) in [6.07, 6.45) is 69.7. The molecule has 0 rings (SSSR count). The van der Waals surface area contributed by atoms with Crippen LogP contribution in [0.5, 0.6) is 0 Å². The van der Waals surface area contributed by atoms with E-state index in [1.807, 2.05) is 0 Å². The minimum Gasteiger partial charge on any atom is -0.462 e. The van der Waals surface area contributed by atoms with Crippen LogP contribution in [0.1, 0.15) is 466 Å². The van der Waals surface area contributed by atoms with Gasteiger partial charge in [0.1, 0.15) is 19.3 Å². The van der Waals surface area contributed by atoms with Crippen molar-refractivity contribution in [3.05, 3.63) is 0 Å². The molecule has 3 N–H and O–H groups in total. The molecule has 0 amide bonds. The molecule has 0 aliphatic rings. The van der Waals surface area contributed by atoms with Crippen LogP contribution < -0.4 is 0 Å². The number of aliphatic hydroxyl groups excluding tert-OH is 1. The van der Waals surface area contributed by atoms with E-state index in [1.54, 1.807) is 0 Å². The molecule has 17 nitrogen and oxygen atoms in total. The number of phosphoric acid groups is 2. The summed E-state index contributed by atoms with van der Waals surface area (Å²) in [7, 11) is -9.93. The Hall–Kier alpha value is -1.94. The second kappa shape index (κ2) is 78.0. The van der Waals surface area contributed by atoms with Gasteiger partial charge in [0.05, 0.1) is 26.4 Å². The first-order chi connectivity index (χ1) is 51.8. The van der Waals surface area contributed by atoms with Crippen LogP contribution in [-0.2, 0) is 65.4 Å². The molecule has 0 fully saturated rings. The molecule has 0 aromatic rings. The fourth-order valence-electron chi connectivity index (χ4n) is 13.7. The van der Waals surface area contributed by atoms with E-state index in [4.69, 9.17) is 37.0 Å². The van der Waals surface area contributed by atoms with Crippen LogP contribution in [-0.4, -0.2) is 96.7 Å². The molecular weight excluding hydrogens is 1390 g/mol. The third-order valence-electron chi connectivity index (χ3n) is 21.0. The molecular formula is C88H172O17P2. The number of aliphatic hydroxyl groups is 1. The van der Waals surface area contributed by atoms with Crippen LogP contribution >= 0.6 is 15.6 Å². The molecule has 0 aromatic carbocycles. The number of ether oxygens (including phenoxy) is 4. The fraction of sp³-hybridized carbons (Fsp3) is 0.955. The zero-order chi connectivity index (χ0) is 78.6. The molecule has 6 atom stereocenters. The Kier molecular flexibility index (Phi) is 76.6. The molecule has 3 unspecified atom stereocenters. The van der Waals surface area contributed by atoms with E-state index in [2.05, 4.69) is 48.5 Å². The monoisotopic (exact) mass is 1560 g/mol. The van der Waals surface area contributed by atoms with Crippen LogP contribution in [0.2, 0.25) is 0 Å². The van der Waals surface area contributed by atoms with Crippen molar-refractivity contribution in [1.29, 1.82) is 0 Å². The highest BCUT2D eigenvalue weighted by atomic mass is 31.2. The SMILES string of the molecule is CCCCCCCCCCCCCCCCCCCCCC(=O)OC[C@H](COP(=O)(O)OC[C@@H](O)COP(=O)(O)OC[C@@H](COC(=O)CCCCCCCCC(C)C)OC(=O)CCCCCCCCCCCCCCCCC(C)C)OC(=O)CCCCCCCCCCCCCCCCCCCCC(C)CC. The molecule has 0 saturated heterocycles. The van der Waals surface area contributed by atoms with Crippen LogP contribution in [0, 0.1) is 17.8 Å². The number of carbonyl (C=O) groups is 4. The van der Waals surface area contributed by atoms with Crippen molar-refractivity contribution in [3.63, 3.8) is 0 Å². The Morgan fingerprint density at radius 2 is 0.477 bits per heavy atom. The number of esters is 4. The van der Waals surface area contributed by atoms with Crippen LogP contribution in [0.25, 0.3) is 0 Å². The smallest absolute Gasteiger partial charge is 0.462 e. The van der Waals surface area contributed by atoms with Gasteiger partial charge in [0.25, 0.3) is 0 Å². The standard InChI is InChI=1S/C88H172O17P2/c1-8-10-11-12-13-14-15-16-17-18-19-23-26-32-37-42-47-55-62-69-85(90)98-75-83(104-87(92)71-64-57-48-43-38-33-27-24-21-20-22-25-31-36-41-46-54-61-68-81(7)9-2)77-102-106(94,95)100-73-82(89)74-101-107(96,97)103-78-84(76-99-86(91)70-63-56-51-50-53-60-67-80(5)6)105-88(93)72-65-58-49-44-39-34-29-28-30-35-40-45-52-59-66-79(3)4/h79-84,89H,8-78H2,1-7H3,(H,94,95)(H,96,97)/t81?,82-,83-,84-/m1/s1. The summed E-state index contributed by atoms with van der Waals surface area (Å²) in [6.45, 7) is 12.0. The number of hydrogen-bond acceptors (Lipinski definition) is 15. The molecule has 0 aliphatic carbocycles. The highest BCUT2D eigenvalue weighted by Crippen LogP contribution is 2.45. The molecule has 107 heavy (non-hydrogen) atoms. The van der Waals surface area contributed by atoms with Gasteiger partial charge in [-0.1, -0.05) is 414 Å². The third-order valence-corrected chi connectivity index (χ3v) is 22.9. The molecule has 0 bridgehead atoms. The van der Waals surface area contributed by atoms with Crippen molar-refractivity contribution >= 4 is 39.5 Å². The van der Waals surface area contributed by atoms with Crippen molar-refractivity contribution in [2.75, 3.05) is 39.6 Å². The van der Waals surface area contributed by atoms with Gasteiger partial charge >= 0.3 is 39.5 Å². The molecule has 0 radical (unpaired) electrons. The largest absolute Gasteiger partial charge is 0.472 e. The topological polar surface area (TPSA) is 237 Å². The predicted octanol–water partition coefficient (Wildman–Crippen LogP) is 26.9. The van der Waals surface area contributed by atoms with Crippen molar-refractivity contribution in [1.82, 2.24) is 0 Å². The van der Waals surface area contributed by atoms with Crippen molar-refractivity contribution < 1.29 is 80.2 Å². The first kappa shape index (κ1) is 105. The molecule has 636 valence electrons. The van der Waals surface area contributed by atoms with E-state index in [1.165, 1.54) is 270 Å². The zero-order valence-corrected chi connectivity index (χ0v) is 72.4. The van der Waals surface area contributed by atoms with E-state index >= 15 is 0 Å². The summed E-state index contributed by atoms with van der Waals surface area (Å²) in [5.41, 5.74) is 0. The Balaban J connectivity index is 5.21. The van der Waals surface area contributed by atoms with E-state index in [-0.39, 0.29) is 25.7 Å². The second-order valence-electron chi connectivity index (χ2n) is 32.8. The number of hydrogen-bond donors (Lipinski definition) is 3. The van der Waals surface area contributed by atoms with E-state index in [9.17, 15) is 43.2 Å². The lowest BCUT2D eigenvalue weighted by atomic mass is 9.99. The van der Waals surface area contributed by atoms with Gasteiger partial charge < -0.3 is 33.8 Å². The van der Waals surface area contributed by atoms with Crippen molar-refractivity contribution in [2.24, 2.45) is 17.8 Å². The van der Waals surface area contributed by atoms with Crippen LogP contribution in [0.15, 0.2) is 0 Å². The van der Waals surface area contributed by atoms with Crippen LogP contribution in [0.4, 0.5) is 0 Å². The summed E-state index contributed by atoms with van der Waals surface area (Å²) >= 11 is 0. The zero-order valence-electron chi connectivity index (χ0n) is 70.6. The van der Waals surface area contributed by atoms with E-state index in [0.29, 0.717) is 31.6 Å². The fourth-order valence-corrected chi connectivity index (χ4v) is 15.3. The maximum Gasteiger partial charge on any atom is 0.472 e. The minimum absolute atomic E-state index is 0.107. The molecule has 0 spiro atoms. The van der Waals surface area contributed by atoms with E-state index in [0.717, 1.165) is 108 Å². The van der Waals surface area contributed by atoms with Gasteiger partial charge in [-0.15, -0.1) is 0 Å². The van der Waals surface area contributed by atoms with Gasteiger partial charge in [0.2, 0.25) is 0 Å². The number of unbranched alkanes of at least 4 members (excludes halogenated alkanes) is 53. The third kappa shape index (κ3) is 80.5. The van der Waals surface area contributed by atoms with E-state index < -0.39 is 97.5 Å². The van der Waals surface area contributed by atoms with Gasteiger partial charge in [-0.3, -0.25) is 37.3 Å². The maximum absolute atomic E-state index is 13.2. The molecule has 19 heteroatoms. The average molecular weight is 1560 g/mol. The Bertz CT molecular complexity index is 2060. The summed E-state index contributed by atoms with van der Waals surface area (Å²) < 4.78 is 68.9.